The Morgan fingerprint density at radius 1 is 0.714 bits per heavy atom. The molecule has 4 aromatic heterocycles. The molecule has 7 heteroatoms. The van der Waals surface area contributed by atoms with Crippen LogP contribution in [-0.2, 0) is 12.5 Å². The summed E-state index contributed by atoms with van der Waals surface area (Å²) in [7, 11) is 2.01. The third-order valence-corrected chi connectivity index (χ3v) is 10.2. The van der Waals surface area contributed by atoms with Crippen molar-refractivity contribution in [1.29, 1.82) is 0 Å². The summed E-state index contributed by atoms with van der Waals surface area (Å²) in [5.41, 5.74) is 13.2. The van der Waals surface area contributed by atoms with Gasteiger partial charge in [-0.25, -0.2) is 9.97 Å². The first-order chi connectivity index (χ1) is 23.9. The van der Waals surface area contributed by atoms with Crippen molar-refractivity contribution in [3.8, 4) is 34.1 Å². The molecule has 236 valence electrons. The third kappa shape index (κ3) is 3.93. The van der Waals surface area contributed by atoms with E-state index in [0.717, 1.165) is 67.4 Å². The zero-order valence-electron chi connectivity index (χ0n) is 27.6. The van der Waals surface area contributed by atoms with Crippen LogP contribution in [0.25, 0.3) is 61.5 Å². The fourth-order valence-electron chi connectivity index (χ4n) is 7.80. The first-order valence-electron chi connectivity index (χ1n) is 16.6. The van der Waals surface area contributed by atoms with Gasteiger partial charge in [0, 0.05) is 23.2 Å². The Labute approximate surface area is 282 Å². The minimum atomic E-state index is -0.154. The lowest BCUT2D eigenvalue weighted by molar-refractivity contribution is -0.649. The van der Waals surface area contributed by atoms with E-state index in [1.165, 1.54) is 22.3 Å². The quantitative estimate of drug-likeness (QED) is 0.143. The molecule has 0 saturated carbocycles. The zero-order valence-corrected chi connectivity index (χ0v) is 27.6. The Balaban J connectivity index is 1.14. The van der Waals surface area contributed by atoms with Crippen molar-refractivity contribution in [2.45, 2.75) is 26.2 Å². The smallest absolute Gasteiger partial charge is 0.244 e. The van der Waals surface area contributed by atoms with Crippen LogP contribution in [0.15, 0.2) is 121 Å². The molecule has 0 N–H and O–H groups in total. The molecule has 0 spiro atoms. The van der Waals surface area contributed by atoms with Crippen molar-refractivity contribution in [1.82, 2.24) is 23.5 Å². The van der Waals surface area contributed by atoms with Crippen molar-refractivity contribution in [2.24, 2.45) is 7.05 Å². The molecule has 0 unspecified atom stereocenters. The van der Waals surface area contributed by atoms with Crippen molar-refractivity contribution in [3.05, 3.63) is 144 Å². The average molecular weight is 637 g/mol. The number of aromatic nitrogens is 6. The van der Waals surface area contributed by atoms with Gasteiger partial charge in [0.05, 0.1) is 45.8 Å². The molecule has 0 amide bonds. The van der Waals surface area contributed by atoms with Gasteiger partial charge >= 0.3 is 0 Å². The summed E-state index contributed by atoms with van der Waals surface area (Å²) in [6, 6.07) is 40.0. The van der Waals surface area contributed by atoms with Gasteiger partial charge in [-0.3, -0.25) is 8.97 Å². The first-order valence-corrected chi connectivity index (χ1v) is 16.6. The molecular weight excluding hydrogens is 605 g/mol. The van der Waals surface area contributed by atoms with Crippen LogP contribution in [0.2, 0.25) is 0 Å². The Bertz CT molecular complexity index is 2820. The van der Waals surface area contributed by atoms with Gasteiger partial charge in [-0.15, -0.1) is 0 Å². The van der Waals surface area contributed by atoms with Crippen LogP contribution < -0.4 is 9.30 Å². The summed E-state index contributed by atoms with van der Waals surface area (Å²) >= 11 is 0. The standard InChI is InChI=1S/C42H32N6O/c1-26-11-9-18-37-40(26)44-41-47(37)36-20-19-29(49-28-13-10-12-27(21-28)46-25-45(4)34-16-7-8-17-35(34)46)22-38(36)48(41)39-23-33-31(24-43-39)30-14-5-6-15-32(30)42(33,2)3/h5-24H,1-4H3. The molecule has 1 aliphatic carbocycles. The number of nitrogens with zero attached hydrogens (tertiary/aromatic N) is 6. The van der Waals surface area contributed by atoms with Crippen molar-refractivity contribution in [3.63, 3.8) is 0 Å². The third-order valence-electron chi connectivity index (χ3n) is 10.2. The highest BCUT2D eigenvalue weighted by Crippen LogP contribution is 2.49. The molecule has 0 atom stereocenters. The topological polar surface area (TPSA) is 53.2 Å². The van der Waals surface area contributed by atoms with E-state index in [0.29, 0.717) is 0 Å². The summed E-state index contributed by atoms with van der Waals surface area (Å²) in [6.45, 7) is 6.71. The fraction of sp³-hybridized carbons (Fsp3) is 0.119. The maximum atomic E-state index is 6.59. The SMILES string of the molecule is Cc1cccc2c1nc1n(-c3cc4c(cn3)-c3ccccc3C4(C)C)c3cc(Oc4cccc(-n5[c-][n+](C)c6ccccc65)c4)ccc3n21. The number of hydrogen-bond donors (Lipinski definition) is 0. The normalized spacial score (nSPS) is 13.5. The first kappa shape index (κ1) is 27.9. The van der Waals surface area contributed by atoms with Gasteiger partial charge < -0.3 is 13.9 Å². The monoisotopic (exact) mass is 636 g/mol. The number of fused-ring (bicyclic) bond motifs is 9. The summed E-state index contributed by atoms with van der Waals surface area (Å²) in [5, 5.41) is 0. The van der Waals surface area contributed by atoms with E-state index in [1.54, 1.807) is 0 Å². The predicted octanol–water partition coefficient (Wildman–Crippen LogP) is 8.80. The molecule has 10 rings (SSSR count). The van der Waals surface area contributed by atoms with Crippen LogP contribution in [0.5, 0.6) is 11.5 Å². The lowest BCUT2D eigenvalue weighted by Crippen LogP contribution is -2.26. The van der Waals surface area contributed by atoms with Crippen LogP contribution in [0.3, 0.4) is 0 Å². The van der Waals surface area contributed by atoms with Crippen molar-refractivity contribution < 1.29 is 9.30 Å². The largest absolute Gasteiger partial charge is 0.458 e. The van der Waals surface area contributed by atoms with Crippen LogP contribution in [-0.4, -0.2) is 23.5 Å². The molecule has 7 nitrogen and oxygen atoms in total. The van der Waals surface area contributed by atoms with Crippen molar-refractivity contribution in [2.75, 3.05) is 0 Å². The Morgan fingerprint density at radius 2 is 1.51 bits per heavy atom. The predicted molar refractivity (Wildman–Crippen MR) is 193 cm³/mol. The van der Waals surface area contributed by atoms with E-state index in [-0.39, 0.29) is 5.41 Å². The minimum absolute atomic E-state index is 0.154. The highest BCUT2D eigenvalue weighted by Gasteiger charge is 2.36. The molecule has 4 heterocycles. The van der Waals surface area contributed by atoms with Crippen LogP contribution in [0.4, 0.5) is 0 Å². The lowest BCUT2D eigenvalue weighted by atomic mass is 9.83. The molecular formula is C42H32N6O. The van der Waals surface area contributed by atoms with Crippen molar-refractivity contribution >= 4 is 38.9 Å². The van der Waals surface area contributed by atoms with E-state index in [4.69, 9.17) is 14.7 Å². The number of hydrogen-bond acceptors (Lipinski definition) is 3. The lowest BCUT2D eigenvalue weighted by Gasteiger charge is -2.21. The van der Waals surface area contributed by atoms with Gasteiger partial charge in [0.25, 0.3) is 0 Å². The molecule has 0 bridgehead atoms. The molecule has 0 saturated heterocycles. The zero-order chi connectivity index (χ0) is 33.0. The second-order valence-electron chi connectivity index (χ2n) is 13.5. The van der Waals surface area contributed by atoms with Gasteiger partial charge in [-0.1, -0.05) is 86.6 Å². The molecule has 1 aliphatic rings. The second-order valence-corrected chi connectivity index (χ2v) is 13.5. The highest BCUT2D eigenvalue weighted by molar-refractivity contribution is 5.94. The van der Waals surface area contributed by atoms with Crippen LogP contribution in [0.1, 0.15) is 30.5 Å². The number of rotatable bonds is 4. The van der Waals surface area contributed by atoms with Gasteiger partial charge in [0.1, 0.15) is 17.3 Å². The van der Waals surface area contributed by atoms with Gasteiger partial charge in [-0.2, -0.15) is 0 Å². The van der Waals surface area contributed by atoms with E-state index >= 15 is 0 Å². The number of para-hydroxylation sites is 3. The number of ether oxygens (including phenoxy) is 1. The Morgan fingerprint density at radius 3 is 2.43 bits per heavy atom. The highest BCUT2D eigenvalue weighted by atomic mass is 16.5. The average Bonchev–Trinajstić information content (AvgIpc) is 3.82. The summed E-state index contributed by atoms with van der Waals surface area (Å²) in [4.78, 5) is 10.3. The van der Waals surface area contributed by atoms with E-state index in [1.807, 2.05) is 48.1 Å². The molecule has 0 aliphatic heterocycles. The fourth-order valence-corrected chi connectivity index (χ4v) is 7.80. The van der Waals surface area contributed by atoms with Gasteiger partial charge in [0.15, 0.2) is 0 Å². The molecule has 49 heavy (non-hydrogen) atoms. The van der Waals surface area contributed by atoms with Crippen LogP contribution >= 0.6 is 0 Å². The number of pyridine rings is 1. The van der Waals surface area contributed by atoms with E-state index < -0.39 is 0 Å². The Hall–Kier alpha value is -6.21. The van der Waals surface area contributed by atoms with E-state index in [9.17, 15) is 0 Å². The van der Waals surface area contributed by atoms with E-state index in [2.05, 4.69) is 126 Å². The number of imidazole rings is 3. The minimum Gasteiger partial charge on any atom is -0.458 e. The number of benzene rings is 5. The molecule has 0 radical (unpaired) electrons. The molecule has 9 aromatic rings. The maximum absolute atomic E-state index is 6.59. The number of aryl methyl sites for hydroxylation is 2. The van der Waals surface area contributed by atoms with Gasteiger partial charge in [0.2, 0.25) is 12.1 Å². The Kier molecular flexibility index (Phi) is 5.63. The maximum Gasteiger partial charge on any atom is 0.244 e. The summed E-state index contributed by atoms with van der Waals surface area (Å²) in [6.07, 6.45) is 5.46. The van der Waals surface area contributed by atoms with Gasteiger partial charge in [-0.05, 0) is 65.6 Å². The summed E-state index contributed by atoms with van der Waals surface area (Å²) < 4.78 is 15.1. The second kappa shape index (κ2) is 9.90. The molecule has 0 fully saturated rings. The molecule has 5 aromatic carbocycles. The van der Waals surface area contributed by atoms with Crippen LogP contribution in [0, 0.1) is 13.3 Å². The summed E-state index contributed by atoms with van der Waals surface area (Å²) in [5.74, 6) is 3.12.